The first-order chi connectivity index (χ1) is 7.79. The molecule has 5 nitrogen and oxygen atoms in total. The van der Waals surface area contributed by atoms with Crippen molar-refractivity contribution in [3.05, 3.63) is 42.2 Å². The summed E-state index contributed by atoms with van der Waals surface area (Å²) in [7, 11) is 1.57. The summed E-state index contributed by atoms with van der Waals surface area (Å²) in [6.07, 6.45) is 3.66. The summed E-state index contributed by atoms with van der Waals surface area (Å²) < 4.78 is 10.2. The lowest BCUT2D eigenvalue weighted by molar-refractivity contribution is 0.395. The quantitative estimate of drug-likeness (QED) is 0.839. The van der Waals surface area contributed by atoms with E-state index in [0.29, 0.717) is 12.3 Å². The molecule has 0 radical (unpaired) electrons. The third kappa shape index (κ3) is 2.38. The standard InChI is InChI=1S/C11H13N3O2/c1-15-11-6-8(13-7-14-11)5-9(12)10-3-2-4-16-10/h2-4,6-7,9H,5,12H2,1H3. The van der Waals surface area contributed by atoms with Gasteiger partial charge in [0.15, 0.2) is 0 Å². The van der Waals surface area contributed by atoms with Gasteiger partial charge in [-0.1, -0.05) is 0 Å². The van der Waals surface area contributed by atoms with E-state index in [1.54, 1.807) is 19.4 Å². The van der Waals surface area contributed by atoms with Crippen LogP contribution in [0.2, 0.25) is 0 Å². The van der Waals surface area contributed by atoms with Crippen LogP contribution in [-0.2, 0) is 6.42 Å². The van der Waals surface area contributed by atoms with E-state index in [-0.39, 0.29) is 6.04 Å². The van der Waals surface area contributed by atoms with E-state index >= 15 is 0 Å². The molecule has 5 heteroatoms. The van der Waals surface area contributed by atoms with E-state index in [9.17, 15) is 0 Å². The van der Waals surface area contributed by atoms with Gasteiger partial charge in [-0.05, 0) is 12.1 Å². The number of ether oxygens (including phenoxy) is 1. The molecule has 0 aliphatic rings. The Morgan fingerprint density at radius 2 is 2.38 bits per heavy atom. The summed E-state index contributed by atoms with van der Waals surface area (Å²) in [5.41, 5.74) is 6.80. The van der Waals surface area contributed by atoms with E-state index in [2.05, 4.69) is 9.97 Å². The molecule has 0 fully saturated rings. The predicted molar refractivity (Wildman–Crippen MR) is 57.9 cm³/mol. The fourth-order valence-electron chi connectivity index (χ4n) is 1.43. The maximum absolute atomic E-state index is 5.97. The largest absolute Gasteiger partial charge is 0.481 e. The zero-order chi connectivity index (χ0) is 11.4. The Balaban J connectivity index is 2.08. The first kappa shape index (κ1) is 10.6. The SMILES string of the molecule is COc1cc(CC(N)c2ccco2)ncn1. The van der Waals surface area contributed by atoms with Crippen LogP contribution in [0.1, 0.15) is 17.5 Å². The number of aromatic nitrogens is 2. The minimum Gasteiger partial charge on any atom is -0.481 e. The zero-order valence-corrected chi connectivity index (χ0v) is 8.96. The van der Waals surface area contributed by atoms with Crippen molar-refractivity contribution in [1.82, 2.24) is 9.97 Å². The summed E-state index contributed by atoms with van der Waals surface area (Å²) in [4.78, 5) is 8.05. The first-order valence-electron chi connectivity index (χ1n) is 4.93. The maximum atomic E-state index is 5.97. The number of methoxy groups -OCH3 is 1. The topological polar surface area (TPSA) is 74.2 Å². The molecule has 2 aromatic rings. The van der Waals surface area contributed by atoms with Gasteiger partial charge in [-0.3, -0.25) is 0 Å². The van der Waals surface area contributed by atoms with Crippen molar-refractivity contribution >= 4 is 0 Å². The zero-order valence-electron chi connectivity index (χ0n) is 8.96. The molecule has 16 heavy (non-hydrogen) atoms. The molecule has 0 amide bonds. The van der Waals surface area contributed by atoms with Gasteiger partial charge in [0.2, 0.25) is 5.88 Å². The van der Waals surface area contributed by atoms with Crippen LogP contribution < -0.4 is 10.5 Å². The number of hydrogen-bond donors (Lipinski definition) is 1. The van der Waals surface area contributed by atoms with Gasteiger partial charge < -0.3 is 14.9 Å². The number of nitrogens with zero attached hydrogens (tertiary/aromatic N) is 2. The normalized spacial score (nSPS) is 12.4. The van der Waals surface area contributed by atoms with Gasteiger partial charge in [-0.25, -0.2) is 9.97 Å². The molecule has 0 bridgehead atoms. The summed E-state index contributed by atoms with van der Waals surface area (Å²) in [6.45, 7) is 0. The van der Waals surface area contributed by atoms with Gasteiger partial charge in [-0.15, -0.1) is 0 Å². The van der Waals surface area contributed by atoms with Crippen LogP contribution in [0.25, 0.3) is 0 Å². The molecule has 2 N–H and O–H groups in total. The smallest absolute Gasteiger partial charge is 0.216 e. The van der Waals surface area contributed by atoms with E-state index < -0.39 is 0 Å². The maximum Gasteiger partial charge on any atom is 0.216 e. The molecule has 1 unspecified atom stereocenters. The van der Waals surface area contributed by atoms with Gasteiger partial charge in [-0.2, -0.15) is 0 Å². The van der Waals surface area contributed by atoms with E-state index in [0.717, 1.165) is 11.5 Å². The van der Waals surface area contributed by atoms with Gasteiger partial charge in [0.1, 0.15) is 12.1 Å². The number of rotatable bonds is 4. The Morgan fingerprint density at radius 3 is 3.06 bits per heavy atom. The van der Waals surface area contributed by atoms with Crippen molar-refractivity contribution in [2.75, 3.05) is 7.11 Å². The Bertz CT molecular complexity index is 442. The van der Waals surface area contributed by atoms with Gasteiger partial charge >= 0.3 is 0 Å². The van der Waals surface area contributed by atoms with Crippen LogP contribution in [0, 0.1) is 0 Å². The van der Waals surface area contributed by atoms with Crippen molar-refractivity contribution in [2.45, 2.75) is 12.5 Å². The molecule has 0 saturated heterocycles. The van der Waals surface area contributed by atoms with Crippen LogP contribution in [0.15, 0.2) is 35.2 Å². The Kier molecular flexibility index (Phi) is 3.16. The molecule has 0 aliphatic heterocycles. The van der Waals surface area contributed by atoms with E-state index in [1.807, 2.05) is 12.1 Å². The third-order valence-corrected chi connectivity index (χ3v) is 2.25. The minimum absolute atomic E-state index is 0.199. The van der Waals surface area contributed by atoms with E-state index in [4.69, 9.17) is 14.9 Å². The molecule has 2 aromatic heterocycles. The van der Waals surface area contributed by atoms with Crippen molar-refractivity contribution in [3.63, 3.8) is 0 Å². The van der Waals surface area contributed by atoms with Crippen LogP contribution in [0.5, 0.6) is 5.88 Å². The fourth-order valence-corrected chi connectivity index (χ4v) is 1.43. The average Bonchev–Trinajstić information content (AvgIpc) is 2.83. The lowest BCUT2D eigenvalue weighted by atomic mass is 10.1. The Morgan fingerprint density at radius 1 is 1.50 bits per heavy atom. The molecule has 2 heterocycles. The Hall–Kier alpha value is -1.88. The van der Waals surface area contributed by atoms with Crippen LogP contribution >= 0.6 is 0 Å². The highest BCUT2D eigenvalue weighted by molar-refractivity contribution is 5.16. The lowest BCUT2D eigenvalue weighted by Crippen LogP contribution is -2.13. The lowest BCUT2D eigenvalue weighted by Gasteiger charge is -2.08. The van der Waals surface area contributed by atoms with Crippen LogP contribution in [-0.4, -0.2) is 17.1 Å². The highest BCUT2D eigenvalue weighted by Crippen LogP contribution is 2.16. The fraction of sp³-hybridized carbons (Fsp3) is 0.273. The summed E-state index contributed by atoms with van der Waals surface area (Å²) in [5.74, 6) is 1.29. The van der Waals surface area contributed by atoms with Crippen molar-refractivity contribution < 1.29 is 9.15 Å². The Labute approximate surface area is 93.3 Å². The van der Waals surface area contributed by atoms with Crippen molar-refractivity contribution in [3.8, 4) is 5.88 Å². The molecule has 1 atom stereocenters. The average molecular weight is 219 g/mol. The minimum atomic E-state index is -0.199. The first-order valence-corrected chi connectivity index (χ1v) is 4.93. The summed E-state index contributed by atoms with van der Waals surface area (Å²) in [5, 5.41) is 0. The summed E-state index contributed by atoms with van der Waals surface area (Å²) >= 11 is 0. The second kappa shape index (κ2) is 4.76. The third-order valence-electron chi connectivity index (χ3n) is 2.25. The second-order valence-corrected chi connectivity index (χ2v) is 3.38. The monoisotopic (exact) mass is 219 g/mol. The molecule has 0 saturated carbocycles. The molecule has 84 valence electrons. The molecular formula is C11H13N3O2. The van der Waals surface area contributed by atoms with Gasteiger partial charge in [0.05, 0.1) is 19.4 Å². The molecule has 2 rings (SSSR count). The highest BCUT2D eigenvalue weighted by atomic mass is 16.5. The molecule has 0 spiro atoms. The van der Waals surface area contributed by atoms with Gasteiger partial charge in [0, 0.05) is 18.2 Å². The van der Waals surface area contributed by atoms with Crippen LogP contribution in [0.3, 0.4) is 0 Å². The molecular weight excluding hydrogens is 206 g/mol. The number of nitrogens with two attached hydrogens (primary N) is 1. The van der Waals surface area contributed by atoms with E-state index in [1.165, 1.54) is 6.33 Å². The van der Waals surface area contributed by atoms with Crippen molar-refractivity contribution in [2.24, 2.45) is 5.73 Å². The number of furan rings is 1. The second-order valence-electron chi connectivity index (χ2n) is 3.38. The molecule has 0 aliphatic carbocycles. The summed E-state index contributed by atoms with van der Waals surface area (Å²) in [6, 6.07) is 5.23. The predicted octanol–water partition coefficient (Wildman–Crippen LogP) is 1.32. The van der Waals surface area contributed by atoms with Crippen molar-refractivity contribution in [1.29, 1.82) is 0 Å². The van der Waals surface area contributed by atoms with Crippen LogP contribution in [0.4, 0.5) is 0 Å². The van der Waals surface area contributed by atoms with Gasteiger partial charge in [0.25, 0.3) is 0 Å². The number of hydrogen-bond acceptors (Lipinski definition) is 5. The highest BCUT2D eigenvalue weighted by Gasteiger charge is 2.11. The molecule has 0 aromatic carbocycles.